The minimum absolute atomic E-state index is 0.137. The van der Waals surface area contributed by atoms with Crippen molar-refractivity contribution in [3.05, 3.63) is 24.4 Å². The van der Waals surface area contributed by atoms with E-state index in [1.807, 2.05) is 18.2 Å². The second-order valence-corrected chi connectivity index (χ2v) is 8.03. The summed E-state index contributed by atoms with van der Waals surface area (Å²) in [6.45, 7) is 0. The topological polar surface area (TPSA) is 70.4 Å². The van der Waals surface area contributed by atoms with Crippen LogP contribution in [0.5, 0.6) is 0 Å². The van der Waals surface area contributed by atoms with Crippen molar-refractivity contribution in [3.8, 4) is 0 Å². The van der Waals surface area contributed by atoms with Crippen LogP contribution in [0.3, 0.4) is 0 Å². The van der Waals surface area contributed by atoms with Gasteiger partial charge < -0.3 is 0 Å². The maximum Gasteiger partial charge on any atom is 0.275 e. The van der Waals surface area contributed by atoms with Gasteiger partial charge in [-0.25, -0.2) is 14.8 Å². The Hall–Kier alpha value is -0.130. The van der Waals surface area contributed by atoms with Gasteiger partial charge in [-0.05, 0) is 22.9 Å². The van der Waals surface area contributed by atoms with E-state index in [1.54, 1.807) is 6.20 Å². The number of pyridine rings is 1. The molecule has 0 bridgehead atoms. The molecule has 0 aliphatic rings. The summed E-state index contributed by atoms with van der Waals surface area (Å²) in [6.07, 6.45) is 2.41. The lowest BCUT2D eigenvalue weighted by atomic mass is 10.5. The zero-order valence-corrected chi connectivity index (χ0v) is 11.0. The predicted octanol–water partition coefficient (Wildman–Crippen LogP) is 1.85. The minimum atomic E-state index is -2.99. The summed E-state index contributed by atoms with van der Waals surface area (Å²) in [7, 11) is 0.0107. The Morgan fingerprint density at radius 3 is 2.88 bits per heavy atom. The van der Waals surface area contributed by atoms with Crippen LogP contribution in [-0.4, -0.2) is 39.1 Å². The molecule has 88 valence electrons. The number of aldehydes is 1. The standard InChI is InChI=1S/C9H13NO3PS2/c11-5-6-14(12,13)7-8-15-16-9-3-1-2-4-10-9/h1-5,12-13H,6-8H2/q+1. The molecule has 0 aliphatic heterocycles. The minimum Gasteiger partial charge on any atom is -0.299 e. The molecule has 1 heterocycles. The summed E-state index contributed by atoms with van der Waals surface area (Å²) in [5, 5.41) is 0.891. The van der Waals surface area contributed by atoms with Crippen molar-refractivity contribution < 1.29 is 14.6 Å². The van der Waals surface area contributed by atoms with E-state index < -0.39 is 7.72 Å². The number of rotatable bonds is 7. The van der Waals surface area contributed by atoms with Crippen LogP contribution in [0.2, 0.25) is 0 Å². The number of carbonyl (C=O) groups is 1. The van der Waals surface area contributed by atoms with E-state index in [9.17, 15) is 14.6 Å². The molecule has 1 aromatic rings. The fourth-order valence-corrected chi connectivity index (χ4v) is 4.80. The summed E-state index contributed by atoms with van der Waals surface area (Å²) < 4.78 is 0. The molecule has 0 atom stereocenters. The maximum absolute atomic E-state index is 10.2. The van der Waals surface area contributed by atoms with Crippen molar-refractivity contribution in [2.75, 3.05) is 18.1 Å². The van der Waals surface area contributed by atoms with E-state index in [0.29, 0.717) is 12.0 Å². The monoisotopic (exact) mass is 278 g/mol. The lowest BCUT2D eigenvalue weighted by molar-refractivity contribution is -0.105. The number of nitrogens with zero attached hydrogens (tertiary/aromatic N) is 1. The first-order valence-electron chi connectivity index (χ1n) is 4.61. The van der Waals surface area contributed by atoms with E-state index in [-0.39, 0.29) is 12.3 Å². The molecule has 2 N–H and O–H groups in total. The fraction of sp³-hybridized carbons (Fsp3) is 0.333. The van der Waals surface area contributed by atoms with Crippen LogP contribution in [0, 0.1) is 0 Å². The Morgan fingerprint density at radius 2 is 2.25 bits per heavy atom. The van der Waals surface area contributed by atoms with E-state index in [0.717, 1.165) is 5.03 Å². The quantitative estimate of drug-likeness (QED) is 0.343. The molecule has 4 nitrogen and oxygen atoms in total. The zero-order valence-electron chi connectivity index (χ0n) is 8.52. The van der Waals surface area contributed by atoms with Gasteiger partial charge in [-0.3, -0.25) is 4.79 Å². The second-order valence-electron chi connectivity index (χ2n) is 3.02. The summed E-state index contributed by atoms with van der Waals surface area (Å²) in [6, 6.07) is 5.64. The lowest BCUT2D eigenvalue weighted by Crippen LogP contribution is -2.04. The molecule has 0 saturated heterocycles. The van der Waals surface area contributed by atoms with E-state index in [2.05, 4.69) is 4.98 Å². The third kappa shape index (κ3) is 5.82. The van der Waals surface area contributed by atoms with Gasteiger partial charge >= 0.3 is 0 Å². The summed E-state index contributed by atoms with van der Waals surface area (Å²) in [4.78, 5) is 33.1. The van der Waals surface area contributed by atoms with Crippen molar-refractivity contribution in [2.24, 2.45) is 0 Å². The molecule has 1 rings (SSSR count). The Labute approximate surface area is 103 Å². The van der Waals surface area contributed by atoms with Crippen LogP contribution >= 0.6 is 29.3 Å². The van der Waals surface area contributed by atoms with Crippen LogP contribution in [0.15, 0.2) is 29.4 Å². The molecular weight excluding hydrogens is 265 g/mol. The Morgan fingerprint density at radius 1 is 1.44 bits per heavy atom. The van der Waals surface area contributed by atoms with E-state index >= 15 is 0 Å². The van der Waals surface area contributed by atoms with Gasteiger partial charge in [0.15, 0.2) is 12.4 Å². The van der Waals surface area contributed by atoms with Crippen molar-refractivity contribution >= 4 is 35.6 Å². The van der Waals surface area contributed by atoms with Gasteiger partial charge in [0.05, 0.1) is 0 Å². The number of hydrogen-bond donors (Lipinski definition) is 2. The van der Waals surface area contributed by atoms with E-state index in [4.69, 9.17) is 0 Å². The number of aromatic nitrogens is 1. The first-order chi connectivity index (χ1) is 7.64. The second kappa shape index (κ2) is 7.25. The molecule has 0 aliphatic carbocycles. The summed E-state index contributed by atoms with van der Waals surface area (Å²) in [5.74, 6) is 0.593. The Balaban J connectivity index is 2.19. The average Bonchev–Trinajstić information content (AvgIpc) is 2.26. The van der Waals surface area contributed by atoms with Crippen LogP contribution < -0.4 is 0 Å². The van der Waals surface area contributed by atoms with Gasteiger partial charge in [0.2, 0.25) is 0 Å². The molecule has 0 aromatic carbocycles. The first-order valence-corrected chi connectivity index (χ1v) is 8.99. The third-order valence-corrected chi connectivity index (χ3v) is 5.92. The van der Waals surface area contributed by atoms with Crippen LogP contribution in [0.1, 0.15) is 0 Å². The SMILES string of the molecule is O=CC[P+](O)(O)CCSSc1ccccn1. The van der Waals surface area contributed by atoms with Crippen molar-refractivity contribution in [2.45, 2.75) is 5.03 Å². The van der Waals surface area contributed by atoms with Crippen molar-refractivity contribution in [1.29, 1.82) is 0 Å². The molecule has 0 amide bonds. The van der Waals surface area contributed by atoms with Crippen molar-refractivity contribution in [3.63, 3.8) is 0 Å². The van der Waals surface area contributed by atoms with Gasteiger partial charge in [-0.2, -0.15) is 0 Å². The Bertz CT molecular complexity index is 324. The van der Waals surface area contributed by atoms with Crippen LogP contribution in [-0.2, 0) is 4.79 Å². The van der Waals surface area contributed by atoms with Crippen LogP contribution in [0.25, 0.3) is 0 Å². The third-order valence-electron chi connectivity index (χ3n) is 1.68. The maximum atomic E-state index is 10.2. The molecule has 7 heteroatoms. The molecule has 1 aromatic heterocycles. The van der Waals surface area contributed by atoms with Gasteiger partial charge in [0.1, 0.15) is 11.2 Å². The molecule has 0 radical (unpaired) electrons. The highest BCUT2D eigenvalue weighted by atomic mass is 33.1. The average molecular weight is 278 g/mol. The summed E-state index contributed by atoms with van der Waals surface area (Å²) >= 11 is 0. The molecule has 16 heavy (non-hydrogen) atoms. The van der Waals surface area contributed by atoms with Gasteiger partial charge in [-0.1, -0.05) is 16.9 Å². The molecule has 0 spiro atoms. The fourth-order valence-electron chi connectivity index (χ4n) is 0.893. The molecule has 0 unspecified atom stereocenters. The van der Waals surface area contributed by atoms with Crippen LogP contribution in [0.4, 0.5) is 0 Å². The molecular formula is C9H13NO3PS2+. The highest BCUT2D eigenvalue weighted by Crippen LogP contribution is 2.49. The highest BCUT2D eigenvalue weighted by Gasteiger charge is 2.31. The molecule has 0 fully saturated rings. The first kappa shape index (κ1) is 13.9. The number of hydrogen-bond acceptors (Lipinski definition) is 6. The van der Waals surface area contributed by atoms with Crippen molar-refractivity contribution in [1.82, 2.24) is 4.98 Å². The number of carbonyl (C=O) groups excluding carboxylic acids is 1. The lowest BCUT2D eigenvalue weighted by Gasteiger charge is -2.08. The predicted molar refractivity (Wildman–Crippen MR) is 69.7 cm³/mol. The van der Waals surface area contributed by atoms with Gasteiger partial charge in [0, 0.05) is 11.9 Å². The highest BCUT2D eigenvalue weighted by molar-refractivity contribution is 8.76. The Kier molecular flexibility index (Phi) is 6.31. The van der Waals surface area contributed by atoms with E-state index in [1.165, 1.54) is 21.6 Å². The molecule has 0 saturated carbocycles. The smallest absolute Gasteiger partial charge is 0.275 e. The van der Waals surface area contributed by atoms with Gasteiger partial charge in [-0.15, -0.1) is 0 Å². The summed E-state index contributed by atoms with van der Waals surface area (Å²) in [5.41, 5.74) is 0. The normalized spacial score (nSPS) is 11.4. The van der Waals surface area contributed by atoms with Gasteiger partial charge in [0.25, 0.3) is 7.72 Å². The largest absolute Gasteiger partial charge is 0.299 e. The zero-order chi connectivity index (χ0) is 11.9.